The van der Waals surface area contributed by atoms with E-state index in [-0.39, 0.29) is 0 Å². The highest BCUT2D eigenvalue weighted by molar-refractivity contribution is 5.56. The second kappa shape index (κ2) is 8.60. The number of hydrogen-bond acceptors (Lipinski definition) is 5. The van der Waals surface area contributed by atoms with Gasteiger partial charge in [0.2, 0.25) is 5.82 Å². The molecule has 0 aliphatic carbocycles. The lowest BCUT2D eigenvalue weighted by atomic mass is 10.1. The molecule has 1 aromatic heterocycles. The average Bonchev–Trinajstić information content (AvgIpc) is 3.12. The van der Waals surface area contributed by atoms with E-state index in [0.717, 1.165) is 38.4 Å². The number of piperazine rings is 1. The molecule has 1 N–H and O–H groups in total. The SMILES string of the molecule is CC[C@H](c1nnnn1CCOC)[NH+]1CCN(c2cccc(C)c2C)CC1. The molecule has 3 rings (SSSR count). The monoisotopic (exact) mass is 359 g/mol. The van der Waals surface area contributed by atoms with E-state index in [0.29, 0.717) is 19.2 Å². The molecule has 7 nitrogen and oxygen atoms in total. The molecule has 0 unspecified atom stereocenters. The zero-order valence-corrected chi connectivity index (χ0v) is 16.4. The van der Waals surface area contributed by atoms with Crippen LogP contribution in [-0.2, 0) is 11.3 Å². The van der Waals surface area contributed by atoms with E-state index in [9.17, 15) is 0 Å². The van der Waals surface area contributed by atoms with Crippen molar-refractivity contribution < 1.29 is 9.64 Å². The van der Waals surface area contributed by atoms with Crippen molar-refractivity contribution in [3.63, 3.8) is 0 Å². The number of ether oxygens (including phenoxy) is 1. The molecule has 0 amide bonds. The van der Waals surface area contributed by atoms with Crippen LogP contribution in [0.1, 0.15) is 36.3 Å². The molecule has 142 valence electrons. The molecule has 1 aliphatic heterocycles. The van der Waals surface area contributed by atoms with Gasteiger partial charge >= 0.3 is 0 Å². The predicted octanol–water partition coefficient (Wildman–Crippen LogP) is 0.793. The fourth-order valence-electron chi connectivity index (χ4n) is 3.91. The van der Waals surface area contributed by atoms with Crippen molar-refractivity contribution in [3.05, 3.63) is 35.2 Å². The number of rotatable bonds is 7. The fourth-order valence-corrected chi connectivity index (χ4v) is 3.91. The maximum atomic E-state index is 5.18. The Morgan fingerprint density at radius 3 is 2.69 bits per heavy atom. The Bertz CT molecular complexity index is 708. The molecule has 1 atom stereocenters. The van der Waals surface area contributed by atoms with Crippen LogP contribution in [0.4, 0.5) is 5.69 Å². The number of benzene rings is 1. The number of quaternary nitrogens is 1. The number of nitrogens with zero attached hydrogens (tertiary/aromatic N) is 5. The zero-order chi connectivity index (χ0) is 18.5. The number of methoxy groups -OCH3 is 1. The summed E-state index contributed by atoms with van der Waals surface area (Å²) in [7, 11) is 1.71. The van der Waals surface area contributed by atoms with E-state index in [4.69, 9.17) is 4.74 Å². The summed E-state index contributed by atoms with van der Waals surface area (Å²) in [5.41, 5.74) is 4.13. The summed E-state index contributed by atoms with van der Waals surface area (Å²) < 4.78 is 7.09. The van der Waals surface area contributed by atoms with Crippen molar-refractivity contribution >= 4 is 5.69 Å². The predicted molar refractivity (Wildman–Crippen MR) is 102 cm³/mol. The number of nitrogens with one attached hydrogen (secondary N) is 1. The number of hydrogen-bond donors (Lipinski definition) is 1. The molecule has 1 fully saturated rings. The van der Waals surface area contributed by atoms with Gasteiger partial charge in [-0.15, -0.1) is 5.10 Å². The van der Waals surface area contributed by atoms with Crippen molar-refractivity contribution in [1.29, 1.82) is 0 Å². The highest BCUT2D eigenvalue weighted by Gasteiger charge is 2.31. The fraction of sp³-hybridized carbons (Fsp3) is 0.632. The van der Waals surface area contributed by atoms with Crippen molar-refractivity contribution in [2.24, 2.45) is 0 Å². The van der Waals surface area contributed by atoms with E-state index in [1.54, 1.807) is 12.0 Å². The van der Waals surface area contributed by atoms with Gasteiger partial charge in [-0.05, 0) is 41.5 Å². The van der Waals surface area contributed by atoms with Crippen LogP contribution in [0.3, 0.4) is 0 Å². The van der Waals surface area contributed by atoms with Gasteiger partial charge in [0.15, 0.2) is 0 Å². The molecular formula is C19H31N6O+. The largest absolute Gasteiger partial charge is 0.383 e. The molecule has 1 aromatic carbocycles. The van der Waals surface area contributed by atoms with Crippen LogP contribution in [0.5, 0.6) is 0 Å². The van der Waals surface area contributed by atoms with Crippen LogP contribution >= 0.6 is 0 Å². The first-order chi connectivity index (χ1) is 12.7. The smallest absolute Gasteiger partial charge is 0.209 e. The lowest BCUT2D eigenvalue weighted by Crippen LogP contribution is -3.15. The molecule has 2 aromatic rings. The number of tetrazole rings is 1. The molecular weight excluding hydrogens is 328 g/mol. The van der Waals surface area contributed by atoms with Crippen LogP contribution in [0.2, 0.25) is 0 Å². The van der Waals surface area contributed by atoms with Gasteiger partial charge in [0, 0.05) is 19.2 Å². The normalized spacial score (nSPS) is 16.8. The van der Waals surface area contributed by atoms with Gasteiger partial charge in [0.1, 0.15) is 6.04 Å². The van der Waals surface area contributed by atoms with Crippen molar-refractivity contribution in [1.82, 2.24) is 20.2 Å². The van der Waals surface area contributed by atoms with Crippen molar-refractivity contribution in [2.45, 2.75) is 39.8 Å². The molecule has 0 radical (unpaired) electrons. The average molecular weight is 359 g/mol. The minimum absolute atomic E-state index is 0.336. The zero-order valence-electron chi connectivity index (χ0n) is 16.4. The van der Waals surface area contributed by atoms with Gasteiger partial charge in [-0.2, -0.15) is 0 Å². The van der Waals surface area contributed by atoms with Gasteiger partial charge in [0.25, 0.3) is 0 Å². The Hall–Kier alpha value is -1.99. The Balaban J connectivity index is 1.68. The van der Waals surface area contributed by atoms with Gasteiger partial charge in [-0.3, -0.25) is 0 Å². The lowest BCUT2D eigenvalue weighted by Gasteiger charge is -2.37. The third-order valence-electron chi connectivity index (χ3n) is 5.60. The van der Waals surface area contributed by atoms with Crippen LogP contribution in [-0.4, -0.2) is 60.1 Å². The molecule has 0 spiro atoms. The summed E-state index contributed by atoms with van der Waals surface area (Å²) in [4.78, 5) is 4.09. The summed E-state index contributed by atoms with van der Waals surface area (Å²) in [6, 6.07) is 6.93. The third-order valence-corrected chi connectivity index (χ3v) is 5.60. The van der Waals surface area contributed by atoms with E-state index in [1.165, 1.54) is 16.8 Å². The maximum absolute atomic E-state index is 5.18. The van der Waals surface area contributed by atoms with Crippen LogP contribution in [0.25, 0.3) is 0 Å². The molecule has 0 bridgehead atoms. The van der Waals surface area contributed by atoms with E-state index < -0.39 is 0 Å². The van der Waals surface area contributed by atoms with Gasteiger partial charge in [-0.1, -0.05) is 19.1 Å². The standard InChI is InChI=1S/C19H30N6O/c1-5-17(19-20-21-22-25(19)13-14-26-4)23-9-11-24(12-10-23)18-8-6-7-15(2)16(18)3/h6-8,17H,5,9-14H2,1-4H3/p+1/t17-/m1/s1. The number of aryl methyl sites for hydroxylation is 1. The van der Waals surface area contributed by atoms with Crippen molar-refractivity contribution in [3.8, 4) is 0 Å². The number of aromatic nitrogens is 4. The minimum atomic E-state index is 0.336. The highest BCUT2D eigenvalue weighted by atomic mass is 16.5. The van der Waals surface area contributed by atoms with Crippen molar-refractivity contribution in [2.75, 3.05) is 44.8 Å². The first-order valence-corrected chi connectivity index (χ1v) is 9.56. The molecule has 26 heavy (non-hydrogen) atoms. The van der Waals surface area contributed by atoms with Gasteiger partial charge < -0.3 is 14.5 Å². The van der Waals surface area contributed by atoms with Crippen LogP contribution < -0.4 is 9.80 Å². The summed E-state index contributed by atoms with van der Waals surface area (Å²) in [6.07, 6.45) is 1.03. The highest BCUT2D eigenvalue weighted by Crippen LogP contribution is 2.23. The second-order valence-electron chi connectivity index (χ2n) is 7.08. The number of anilines is 1. The van der Waals surface area contributed by atoms with Crippen LogP contribution in [0.15, 0.2) is 18.2 Å². The summed E-state index contributed by atoms with van der Waals surface area (Å²) >= 11 is 0. The molecule has 0 saturated carbocycles. The van der Waals surface area contributed by atoms with Crippen LogP contribution in [0, 0.1) is 13.8 Å². The van der Waals surface area contributed by atoms with Gasteiger partial charge in [0.05, 0.1) is 39.3 Å². The second-order valence-corrected chi connectivity index (χ2v) is 7.08. The molecule has 1 saturated heterocycles. The maximum Gasteiger partial charge on any atom is 0.209 e. The van der Waals surface area contributed by atoms with Gasteiger partial charge in [-0.25, -0.2) is 4.68 Å². The van der Waals surface area contributed by atoms with E-state index in [2.05, 4.69) is 59.4 Å². The van der Waals surface area contributed by atoms with E-state index in [1.807, 2.05) is 4.68 Å². The molecule has 7 heteroatoms. The Morgan fingerprint density at radius 2 is 2.00 bits per heavy atom. The third kappa shape index (κ3) is 3.88. The quantitative estimate of drug-likeness (QED) is 0.792. The first-order valence-electron chi connectivity index (χ1n) is 9.56. The Morgan fingerprint density at radius 1 is 1.23 bits per heavy atom. The Kier molecular flexibility index (Phi) is 6.21. The minimum Gasteiger partial charge on any atom is -0.383 e. The molecule has 1 aliphatic rings. The topological polar surface area (TPSA) is 60.5 Å². The first kappa shape index (κ1) is 18.8. The Labute approximate surface area is 155 Å². The van der Waals surface area contributed by atoms with E-state index >= 15 is 0 Å². The lowest BCUT2D eigenvalue weighted by molar-refractivity contribution is -0.933. The summed E-state index contributed by atoms with van der Waals surface area (Å²) in [6.45, 7) is 12.3. The summed E-state index contributed by atoms with van der Waals surface area (Å²) in [5.74, 6) is 0.986. The molecule has 2 heterocycles. The summed E-state index contributed by atoms with van der Waals surface area (Å²) in [5, 5.41) is 12.4.